The van der Waals surface area contributed by atoms with Crippen molar-refractivity contribution in [2.45, 2.75) is 6.61 Å². The molecule has 1 aliphatic rings. The quantitative estimate of drug-likeness (QED) is 0.647. The Morgan fingerprint density at radius 3 is 2.54 bits per heavy atom. The van der Waals surface area contributed by atoms with Gasteiger partial charge in [-0.3, -0.25) is 10.1 Å². The first kappa shape index (κ1) is 16.0. The highest BCUT2D eigenvalue weighted by Crippen LogP contribution is 2.29. The van der Waals surface area contributed by atoms with Crippen LogP contribution in [-0.2, 0) is 11.4 Å². The van der Waals surface area contributed by atoms with Crippen LogP contribution in [-0.4, -0.2) is 18.1 Å². The lowest BCUT2D eigenvalue weighted by Crippen LogP contribution is -2.21. The molecule has 24 heavy (non-hydrogen) atoms. The minimum atomic E-state index is -0.247. The lowest BCUT2D eigenvalue weighted by molar-refractivity contribution is -0.115. The van der Waals surface area contributed by atoms with Gasteiger partial charge in [0.2, 0.25) is 0 Å². The number of nitrogens with one attached hydrogen (secondary N) is 2. The molecule has 0 aliphatic carbocycles. The molecule has 2 aromatic carbocycles. The number of benzene rings is 2. The van der Waals surface area contributed by atoms with Crippen LogP contribution in [0.4, 0.5) is 0 Å². The summed E-state index contributed by atoms with van der Waals surface area (Å²) in [5.74, 6) is 0.993. The Morgan fingerprint density at radius 2 is 1.88 bits per heavy atom. The fourth-order valence-electron chi connectivity index (χ4n) is 2.28. The lowest BCUT2D eigenvalue weighted by Gasteiger charge is -2.11. The van der Waals surface area contributed by atoms with Gasteiger partial charge in [0.25, 0.3) is 5.91 Å². The molecule has 1 amide bonds. The number of hydrogen-bond acceptors (Lipinski definition) is 4. The first-order valence-corrected chi connectivity index (χ1v) is 7.75. The smallest absolute Gasteiger partial charge is 0.273 e. The Labute approximate surface area is 145 Å². The first-order valence-electron chi connectivity index (χ1n) is 7.34. The summed E-state index contributed by atoms with van der Waals surface area (Å²) >= 11 is 4.91. The zero-order chi connectivity index (χ0) is 16.9. The number of carbonyl (C=O) groups is 1. The summed E-state index contributed by atoms with van der Waals surface area (Å²) in [4.78, 5) is 11.7. The molecule has 0 saturated carbocycles. The SMILES string of the molecule is COc1cc(/C=C2\NC(=S)NC2=O)ccc1OCc1ccccc1. The van der Waals surface area contributed by atoms with E-state index in [-0.39, 0.29) is 5.91 Å². The van der Waals surface area contributed by atoms with Crippen molar-refractivity contribution < 1.29 is 14.3 Å². The molecule has 2 N–H and O–H groups in total. The lowest BCUT2D eigenvalue weighted by atomic mass is 10.1. The van der Waals surface area contributed by atoms with Crippen LogP contribution < -0.4 is 20.1 Å². The summed E-state index contributed by atoms with van der Waals surface area (Å²) < 4.78 is 11.2. The summed E-state index contributed by atoms with van der Waals surface area (Å²) in [5, 5.41) is 5.64. The minimum absolute atomic E-state index is 0.247. The standard InChI is InChI=1S/C18H16N2O3S/c1-22-16-10-13(9-14-17(21)20-18(24)19-14)7-8-15(16)23-11-12-5-3-2-4-6-12/h2-10H,11H2,1H3,(H2,19,20,21,24)/b14-9-. The highest BCUT2D eigenvalue weighted by atomic mass is 32.1. The van der Waals surface area contributed by atoms with Crippen molar-refractivity contribution in [1.82, 2.24) is 10.6 Å². The molecular weight excluding hydrogens is 324 g/mol. The van der Waals surface area contributed by atoms with E-state index in [1.165, 1.54) is 0 Å². The normalized spacial score (nSPS) is 15.1. The molecule has 0 spiro atoms. The Balaban J connectivity index is 1.77. The van der Waals surface area contributed by atoms with Crippen molar-refractivity contribution in [2.75, 3.05) is 7.11 Å². The van der Waals surface area contributed by atoms with E-state index in [2.05, 4.69) is 10.6 Å². The van der Waals surface area contributed by atoms with Gasteiger partial charge in [0.05, 0.1) is 7.11 Å². The van der Waals surface area contributed by atoms with Crippen LogP contribution in [0.3, 0.4) is 0 Å². The van der Waals surface area contributed by atoms with Crippen molar-refractivity contribution in [3.8, 4) is 11.5 Å². The van der Waals surface area contributed by atoms with Crippen molar-refractivity contribution in [1.29, 1.82) is 0 Å². The number of thiocarbonyl (C=S) groups is 1. The summed E-state index contributed by atoms with van der Waals surface area (Å²) in [7, 11) is 1.58. The molecule has 5 nitrogen and oxygen atoms in total. The molecule has 6 heteroatoms. The molecule has 0 radical (unpaired) electrons. The van der Waals surface area contributed by atoms with Gasteiger partial charge < -0.3 is 14.8 Å². The Morgan fingerprint density at radius 1 is 1.08 bits per heavy atom. The van der Waals surface area contributed by atoms with Crippen LogP contribution in [0.15, 0.2) is 54.2 Å². The molecule has 122 valence electrons. The topological polar surface area (TPSA) is 59.6 Å². The Hall–Kier alpha value is -2.86. The maximum atomic E-state index is 11.7. The first-order chi connectivity index (χ1) is 11.7. The molecule has 0 aromatic heterocycles. The maximum absolute atomic E-state index is 11.7. The second-order valence-electron chi connectivity index (χ2n) is 5.15. The predicted octanol–water partition coefficient (Wildman–Crippen LogP) is 2.62. The third kappa shape index (κ3) is 3.72. The molecule has 0 atom stereocenters. The van der Waals surface area contributed by atoms with E-state index in [0.29, 0.717) is 28.9 Å². The van der Waals surface area contributed by atoms with E-state index in [0.717, 1.165) is 11.1 Å². The molecule has 0 bridgehead atoms. The van der Waals surface area contributed by atoms with Crippen LogP contribution in [0.1, 0.15) is 11.1 Å². The van der Waals surface area contributed by atoms with Gasteiger partial charge >= 0.3 is 0 Å². The zero-order valence-electron chi connectivity index (χ0n) is 13.0. The number of amides is 1. The third-order valence-electron chi connectivity index (χ3n) is 3.46. The van der Waals surface area contributed by atoms with Gasteiger partial charge in [0.15, 0.2) is 16.6 Å². The predicted molar refractivity (Wildman–Crippen MR) is 95.6 cm³/mol. The molecule has 1 fully saturated rings. The minimum Gasteiger partial charge on any atom is -0.493 e. The summed E-state index contributed by atoms with van der Waals surface area (Å²) in [5.41, 5.74) is 2.28. The average Bonchev–Trinajstić information content (AvgIpc) is 2.91. The Bertz CT molecular complexity index is 803. The van der Waals surface area contributed by atoms with E-state index in [4.69, 9.17) is 21.7 Å². The fourth-order valence-corrected chi connectivity index (χ4v) is 2.48. The van der Waals surface area contributed by atoms with E-state index in [1.807, 2.05) is 48.5 Å². The van der Waals surface area contributed by atoms with Crippen LogP contribution in [0.2, 0.25) is 0 Å². The number of methoxy groups -OCH3 is 1. The molecule has 3 rings (SSSR count). The van der Waals surface area contributed by atoms with Gasteiger partial charge in [-0.05, 0) is 41.6 Å². The number of ether oxygens (including phenoxy) is 2. The number of carbonyl (C=O) groups excluding carboxylic acids is 1. The van der Waals surface area contributed by atoms with E-state index in [9.17, 15) is 4.79 Å². The molecule has 1 heterocycles. The summed E-state index contributed by atoms with van der Waals surface area (Å²) in [6.07, 6.45) is 1.71. The van der Waals surface area contributed by atoms with Crippen molar-refractivity contribution in [2.24, 2.45) is 0 Å². The van der Waals surface area contributed by atoms with E-state index < -0.39 is 0 Å². The highest BCUT2D eigenvalue weighted by molar-refractivity contribution is 7.80. The van der Waals surface area contributed by atoms with Crippen molar-refractivity contribution in [3.63, 3.8) is 0 Å². The Kier molecular flexibility index (Phi) is 4.77. The fraction of sp³-hybridized carbons (Fsp3) is 0.111. The van der Waals surface area contributed by atoms with Crippen molar-refractivity contribution >= 4 is 29.3 Å². The van der Waals surface area contributed by atoms with Gasteiger partial charge in [-0.2, -0.15) is 0 Å². The third-order valence-corrected chi connectivity index (χ3v) is 3.66. The summed E-state index contributed by atoms with van der Waals surface area (Å²) in [6, 6.07) is 15.4. The highest BCUT2D eigenvalue weighted by Gasteiger charge is 2.20. The van der Waals surface area contributed by atoms with Gasteiger partial charge in [-0.15, -0.1) is 0 Å². The van der Waals surface area contributed by atoms with Crippen molar-refractivity contribution in [3.05, 3.63) is 65.4 Å². The second kappa shape index (κ2) is 7.14. The zero-order valence-corrected chi connectivity index (χ0v) is 13.9. The van der Waals surface area contributed by atoms with Gasteiger partial charge in [0.1, 0.15) is 12.3 Å². The van der Waals surface area contributed by atoms with Crippen LogP contribution in [0.25, 0.3) is 6.08 Å². The van der Waals surface area contributed by atoms with E-state index in [1.54, 1.807) is 13.2 Å². The number of rotatable bonds is 5. The average molecular weight is 340 g/mol. The van der Waals surface area contributed by atoms with Crippen LogP contribution in [0.5, 0.6) is 11.5 Å². The maximum Gasteiger partial charge on any atom is 0.273 e. The van der Waals surface area contributed by atoms with Crippen LogP contribution >= 0.6 is 12.2 Å². The summed E-state index contributed by atoms with van der Waals surface area (Å²) in [6.45, 7) is 0.454. The molecule has 0 unspecified atom stereocenters. The largest absolute Gasteiger partial charge is 0.493 e. The molecular formula is C18H16N2O3S. The van der Waals surface area contributed by atoms with E-state index >= 15 is 0 Å². The number of hydrogen-bond donors (Lipinski definition) is 2. The molecule has 1 aliphatic heterocycles. The van der Waals surface area contributed by atoms with Gasteiger partial charge in [-0.1, -0.05) is 36.4 Å². The van der Waals surface area contributed by atoms with Gasteiger partial charge in [0, 0.05) is 0 Å². The van der Waals surface area contributed by atoms with Crippen LogP contribution in [0, 0.1) is 0 Å². The molecule has 2 aromatic rings. The monoisotopic (exact) mass is 340 g/mol. The second-order valence-corrected chi connectivity index (χ2v) is 5.56. The molecule has 1 saturated heterocycles. The van der Waals surface area contributed by atoms with Gasteiger partial charge in [-0.25, -0.2) is 0 Å².